The monoisotopic (exact) mass is 468 g/mol. The second-order valence-corrected chi connectivity index (χ2v) is 9.08. The predicted molar refractivity (Wildman–Crippen MR) is 128 cm³/mol. The van der Waals surface area contributed by atoms with E-state index in [1.165, 1.54) is 5.56 Å². The summed E-state index contributed by atoms with van der Waals surface area (Å²) in [6.07, 6.45) is 1.83. The minimum absolute atomic E-state index is 0.317. The topological polar surface area (TPSA) is 52.8 Å². The number of ether oxygens (including phenoxy) is 1. The van der Waals surface area contributed by atoms with Gasteiger partial charge in [-0.3, -0.25) is 4.57 Å². The fourth-order valence-corrected chi connectivity index (χ4v) is 4.78. The minimum Gasteiger partial charge on any atom is -0.486 e. The van der Waals surface area contributed by atoms with Gasteiger partial charge in [0.2, 0.25) is 0 Å². The summed E-state index contributed by atoms with van der Waals surface area (Å²) in [5.74, 6) is 2.20. The zero-order valence-electron chi connectivity index (χ0n) is 17.0. The largest absolute Gasteiger partial charge is 0.486 e. The van der Waals surface area contributed by atoms with Crippen molar-refractivity contribution in [2.75, 3.05) is 0 Å². The number of rotatable bonds is 9. The average molecular weight is 469 g/mol. The van der Waals surface area contributed by atoms with Gasteiger partial charge in [-0.25, -0.2) is 4.98 Å². The van der Waals surface area contributed by atoms with E-state index >= 15 is 0 Å². The van der Waals surface area contributed by atoms with Crippen molar-refractivity contribution in [2.45, 2.75) is 31.0 Å². The van der Waals surface area contributed by atoms with Crippen LogP contribution >= 0.6 is 34.7 Å². The van der Waals surface area contributed by atoms with Gasteiger partial charge >= 0.3 is 0 Å². The molecule has 0 N–H and O–H groups in total. The molecule has 158 valence electrons. The minimum atomic E-state index is 0.317. The first-order valence-electron chi connectivity index (χ1n) is 9.68. The van der Waals surface area contributed by atoms with Gasteiger partial charge in [0.15, 0.2) is 11.0 Å². The first-order valence-corrected chi connectivity index (χ1v) is 11.9. The molecule has 2 heterocycles. The predicted octanol–water partition coefficient (Wildman–Crippen LogP) is 6.42. The molecule has 8 heteroatoms. The van der Waals surface area contributed by atoms with E-state index in [0.717, 1.165) is 38.7 Å². The van der Waals surface area contributed by atoms with Gasteiger partial charge in [0, 0.05) is 28.3 Å². The molecule has 0 saturated heterocycles. The Morgan fingerprint density at radius 3 is 2.65 bits per heavy atom. The molecule has 4 aromatic rings. The van der Waals surface area contributed by atoms with Gasteiger partial charge in [0.1, 0.15) is 17.4 Å². The fourth-order valence-electron chi connectivity index (χ4n) is 2.86. The first-order chi connectivity index (χ1) is 15.1. The van der Waals surface area contributed by atoms with Gasteiger partial charge < -0.3 is 4.74 Å². The van der Waals surface area contributed by atoms with Gasteiger partial charge in [-0.15, -0.1) is 28.1 Å². The van der Waals surface area contributed by atoms with Crippen LogP contribution in [0.4, 0.5) is 0 Å². The van der Waals surface area contributed by atoms with Gasteiger partial charge in [-0.05, 0) is 31.2 Å². The summed E-state index contributed by atoms with van der Waals surface area (Å²) in [5, 5.41) is 13.3. The second-order valence-electron chi connectivity index (χ2n) is 6.84. The third-order valence-corrected chi connectivity index (χ3v) is 6.68. The number of thioether (sulfide) groups is 1. The lowest BCUT2D eigenvalue weighted by atomic mass is 10.2. The van der Waals surface area contributed by atoms with Crippen LogP contribution in [0.2, 0.25) is 5.02 Å². The molecule has 0 amide bonds. The lowest BCUT2D eigenvalue weighted by molar-refractivity contribution is 0.289. The van der Waals surface area contributed by atoms with E-state index in [1.54, 1.807) is 35.2 Å². The molecule has 0 unspecified atom stereocenters. The van der Waals surface area contributed by atoms with E-state index in [0.29, 0.717) is 18.2 Å². The Morgan fingerprint density at radius 1 is 1.13 bits per heavy atom. The lowest BCUT2D eigenvalue weighted by Crippen LogP contribution is -2.07. The number of aromatic nitrogens is 4. The third-order valence-electron chi connectivity index (χ3n) is 4.49. The van der Waals surface area contributed by atoms with Crippen molar-refractivity contribution in [3.63, 3.8) is 0 Å². The summed E-state index contributed by atoms with van der Waals surface area (Å²) in [5.41, 5.74) is 3.41. The Balaban J connectivity index is 1.42. The smallest absolute Gasteiger partial charge is 0.191 e. The molecule has 4 rings (SSSR count). The lowest BCUT2D eigenvalue weighted by Gasteiger charge is -2.09. The van der Waals surface area contributed by atoms with Crippen molar-refractivity contribution in [3.8, 4) is 16.3 Å². The van der Waals surface area contributed by atoms with E-state index in [9.17, 15) is 0 Å². The number of halogens is 1. The first kappa shape index (κ1) is 21.6. The molecule has 0 aliphatic rings. The van der Waals surface area contributed by atoms with Crippen LogP contribution in [0, 0.1) is 6.92 Å². The number of hydrogen-bond donors (Lipinski definition) is 0. The molecule has 0 aliphatic heterocycles. The van der Waals surface area contributed by atoms with E-state index in [1.807, 2.05) is 22.8 Å². The maximum atomic E-state index is 5.93. The van der Waals surface area contributed by atoms with Crippen molar-refractivity contribution in [1.29, 1.82) is 0 Å². The van der Waals surface area contributed by atoms with Crippen LogP contribution in [0.1, 0.15) is 17.1 Å². The van der Waals surface area contributed by atoms with E-state index in [2.05, 4.69) is 53.3 Å². The Bertz CT molecular complexity index is 1150. The normalized spacial score (nSPS) is 10.9. The van der Waals surface area contributed by atoms with Crippen molar-refractivity contribution < 1.29 is 4.74 Å². The SMILES string of the molecule is C=CCn1c(COc2ccc(Cl)cc2)nnc1SCc1csc(-c2ccc(C)cc2)n1. The zero-order chi connectivity index (χ0) is 21.6. The van der Waals surface area contributed by atoms with Gasteiger partial charge in [0.05, 0.1) is 5.69 Å². The molecule has 0 atom stereocenters. The van der Waals surface area contributed by atoms with Gasteiger partial charge in [0.25, 0.3) is 0 Å². The highest BCUT2D eigenvalue weighted by Crippen LogP contribution is 2.28. The highest BCUT2D eigenvalue weighted by molar-refractivity contribution is 7.98. The molecule has 0 bridgehead atoms. The summed E-state index contributed by atoms with van der Waals surface area (Å²) in [7, 11) is 0. The van der Waals surface area contributed by atoms with E-state index in [-0.39, 0.29) is 0 Å². The molecule has 0 radical (unpaired) electrons. The highest BCUT2D eigenvalue weighted by Gasteiger charge is 2.14. The number of thiazole rings is 1. The van der Waals surface area contributed by atoms with Crippen molar-refractivity contribution in [1.82, 2.24) is 19.7 Å². The van der Waals surface area contributed by atoms with Crippen molar-refractivity contribution in [2.24, 2.45) is 0 Å². The van der Waals surface area contributed by atoms with Gasteiger partial charge in [-0.1, -0.05) is 59.3 Å². The molecule has 2 aromatic carbocycles. The summed E-state index contributed by atoms with van der Waals surface area (Å²) in [6.45, 7) is 6.87. The number of hydrogen-bond acceptors (Lipinski definition) is 6. The highest BCUT2D eigenvalue weighted by atomic mass is 35.5. The standard InChI is InChI=1S/C23H21ClN4OS2/c1-3-12-28-21(13-29-20-10-8-18(24)9-11-20)26-27-23(28)31-15-19-14-30-22(25-19)17-6-4-16(2)5-7-17/h3-11,14H,1,12-13,15H2,2H3. The van der Waals surface area contributed by atoms with Gasteiger partial charge in [-0.2, -0.15) is 0 Å². The van der Waals surface area contributed by atoms with Crippen LogP contribution in [-0.2, 0) is 18.9 Å². The van der Waals surface area contributed by atoms with E-state index in [4.69, 9.17) is 21.3 Å². The van der Waals surface area contributed by atoms with E-state index < -0.39 is 0 Å². The average Bonchev–Trinajstić information content (AvgIpc) is 3.40. The molecule has 31 heavy (non-hydrogen) atoms. The summed E-state index contributed by atoms with van der Waals surface area (Å²) < 4.78 is 7.85. The molecule has 2 aromatic heterocycles. The molecular weight excluding hydrogens is 448 g/mol. The Labute approximate surface area is 194 Å². The summed E-state index contributed by atoms with van der Waals surface area (Å²) in [6, 6.07) is 15.7. The molecular formula is C23H21ClN4OS2. The van der Waals surface area contributed by atoms with Crippen LogP contribution < -0.4 is 4.74 Å². The van der Waals surface area contributed by atoms with Crippen molar-refractivity contribution in [3.05, 3.63) is 88.7 Å². The van der Waals surface area contributed by atoms with Crippen molar-refractivity contribution >= 4 is 34.7 Å². The molecule has 5 nitrogen and oxygen atoms in total. The number of aryl methyl sites for hydroxylation is 1. The maximum absolute atomic E-state index is 5.93. The van der Waals surface area contributed by atoms with Crippen LogP contribution in [0.15, 0.2) is 71.7 Å². The number of allylic oxidation sites excluding steroid dienone is 1. The number of nitrogens with zero attached hydrogens (tertiary/aromatic N) is 4. The fraction of sp³-hybridized carbons (Fsp3) is 0.174. The molecule has 0 fully saturated rings. The quantitative estimate of drug-likeness (QED) is 0.209. The molecule has 0 aliphatic carbocycles. The van der Waals surface area contributed by atoms with Crippen LogP contribution in [0.5, 0.6) is 5.75 Å². The summed E-state index contributed by atoms with van der Waals surface area (Å²) >= 11 is 9.19. The Morgan fingerprint density at radius 2 is 1.90 bits per heavy atom. The number of benzene rings is 2. The maximum Gasteiger partial charge on any atom is 0.191 e. The van der Waals surface area contributed by atoms with Crippen LogP contribution in [0.25, 0.3) is 10.6 Å². The third kappa shape index (κ3) is 5.55. The zero-order valence-corrected chi connectivity index (χ0v) is 19.4. The summed E-state index contributed by atoms with van der Waals surface area (Å²) in [4.78, 5) is 4.78. The Kier molecular flexibility index (Phi) is 7.06. The second kappa shape index (κ2) is 10.1. The van der Waals surface area contributed by atoms with Crippen LogP contribution in [0.3, 0.4) is 0 Å². The molecule has 0 saturated carbocycles. The Hall–Kier alpha value is -2.61. The van der Waals surface area contributed by atoms with Crippen LogP contribution in [-0.4, -0.2) is 19.7 Å². The molecule has 0 spiro atoms.